The maximum absolute atomic E-state index is 2.76. The zero-order valence-electron chi connectivity index (χ0n) is 31.2. The third kappa shape index (κ3) is 4.03. The summed E-state index contributed by atoms with van der Waals surface area (Å²) in [7, 11) is 0. The Hall–Kier alpha value is -3.46. The summed E-state index contributed by atoms with van der Waals surface area (Å²) in [5.74, 6) is 3.86. The van der Waals surface area contributed by atoms with Crippen molar-refractivity contribution in [1.82, 2.24) is 0 Å². The Morgan fingerprint density at radius 3 is 1.40 bits per heavy atom. The Morgan fingerprint density at radius 2 is 0.830 bits per heavy atom. The zero-order valence-corrected chi connectivity index (χ0v) is 32.9. The van der Waals surface area contributed by atoms with E-state index in [0.717, 1.165) is 23.7 Å². The van der Waals surface area contributed by atoms with Crippen molar-refractivity contribution in [2.24, 2.45) is 23.7 Å². The molecule has 0 radical (unpaired) electrons. The van der Waals surface area contributed by atoms with Gasteiger partial charge in [0.15, 0.2) is 0 Å². The van der Waals surface area contributed by atoms with Gasteiger partial charge in [-0.2, -0.15) is 0 Å². The van der Waals surface area contributed by atoms with Gasteiger partial charge in [-0.15, -0.1) is 22.7 Å². The van der Waals surface area contributed by atoms with E-state index in [9.17, 15) is 0 Å². The largest absolute Gasteiger partial charge is 0.135 e. The van der Waals surface area contributed by atoms with Gasteiger partial charge in [0.25, 0.3) is 0 Å². The van der Waals surface area contributed by atoms with Gasteiger partial charge in [-0.3, -0.25) is 0 Å². The summed E-state index contributed by atoms with van der Waals surface area (Å²) >= 11 is 4.06. The van der Waals surface area contributed by atoms with Crippen molar-refractivity contribution in [1.29, 1.82) is 0 Å². The smallest absolute Gasteiger partial charge is 0.0361 e. The van der Waals surface area contributed by atoms with Crippen molar-refractivity contribution < 1.29 is 0 Å². The van der Waals surface area contributed by atoms with E-state index in [0.29, 0.717) is 0 Å². The van der Waals surface area contributed by atoms with Crippen molar-refractivity contribution in [3.05, 3.63) is 106 Å². The second-order valence-corrected chi connectivity index (χ2v) is 21.0. The lowest BCUT2D eigenvalue weighted by Gasteiger charge is -2.43. The summed E-state index contributed by atoms with van der Waals surface area (Å²) in [6.07, 6.45) is 18.1. The van der Waals surface area contributed by atoms with E-state index in [-0.39, 0.29) is 10.8 Å². The van der Waals surface area contributed by atoms with Crippen molar-refractivity contribution in [2.45, 2.75) is 108 Å². The molecular weight excluding hydrogens is 677 g/mol. The number of thiophene rings is 2. The highest BCUT2D eigenvalue weighted by Gasteiger charge is 2.49. The minimum absolute atomic E-state index is 0.127. The fourth-order valence-corrected chi connectivity index (χ4v) is 15.7. The normalized spacial score (nSPS) is 29.6. The Morgan fingerprint density at radius 1 is 0.396 bits per heavy atom. The van der Waals surface area contributed by atoms with E-state index in [4.69, 9.17) is 0 Å². The van der Waals surface area contributed by atoms with Gasteiger partial charge in [0, 0.05) is 51.2 Å². The zero-order chi connectivity index (χ0) is 34.8. The molecule has 0 N–H and O–H groups in total. The number of aryl methyl sites for hydroxylation is 2. The molecule has 13 rings (SSSR count). The summed E-state index contributed by atoms with van der Waals surface area (Å²) in [5, 5.41) is 5.99. The van der Waals surface area contributed by atoms with Gasteiger partial charge in [-0.05, 0) is 201 Å². The van der Waals surface area contributed by atoms with E-state index >= 15 is 0 Å². The first-order valence-electron chi connectivity index (χ1n) is 21.1. The molecule has 2 heteroatoms. The predicted molar refractivity (Wildman–Crippen MR) is 228 cm³/mol. The van der Waals surface area contributed by atoms with Crippen molar-refractivity contribution in [3.8, 4) is 22.3 Å². The summed E-state index contributed by atoms with van der Waals surface area (Å²) in [6.45, 7) is 4.55. The molecule has 0 nitrogen and oxygen atoms in total. The molecule has 0 aliphatic heterocycles. The Balaban J connectivity index is 1.04. The van der Waals surface area contributed by atoms with Crippen LogP contribution in [0.25, 0.3) is 62.6 Å². The lowest BCUT2D eigenvalue weighted by Crippen LogP contribution is -2.34. The van der Waals surface area contributed by atoms with Gasteiger partial charge >= 0.3 is 0 Å². The van der Waals surface area contributed by atoms with Crippen LogP contribution in [0.5, 0.6) is 0 Å². The predicted octanol–water partition coefficient (Wildman–Crippen LogP) is 15.2. The standard InChI is InChI=1S/C51H48S2/c1-28-5-11-34-36-25-48-40(23-43(36)50(42(34)20-28)16-3-4-30-7-8-31(30)13-17-50)41-24-45-38(27-49(41)53-48)37-26-47-39(35-12-6-29(2)21-46(35)52-47)22-44(37)51(45)18-14-32-9-10-33(32)15-19-51/h5-6,11-12,20-27,30-33H,3-4,7-10,13-19H2,1-2H3. The number of fused-ring (bicyclic) bond motifs is 18. The van der Waals surface area contributed by atoms with Crippen LogP contribution in [0, 0.1) is 37.5 Å². The lowest BCUT2D eigenvalue weighted by atomic mass is 9.61. The van der Waals surface area contributed by atoms with Gasteiger partial charge in [0.05, 0.1) is 0 Å². The highest BCUT2D eigenvalue weighted by Crippen LogP contribution is 2.62. The highest BCUT2D eigenvalue weighted by molar-refractivity contribution is 7.26. The Labute approximate surface area is 321 Å². The van der Waals surface area contributed by atoms with Crippen molar-refractivity contribution in [3.63, 3.8) is 0 Å². The van der Waals surface area contributed by atoms with Crippen LogP contribution in [0.2, 0.25) is 0 Å². The van der Waals surface area contributed by atoms with Crippen LogP contribution in [-0.4, -0.2) is 0 Å². The maximum atomic E-state index is 2.76. The summed E-state index contributed by atoms with van der Waals surface area (Å²) < 4.78 is 5.87. The summed E-state index contributed by atoms with van der Waals surface area (Å²) in [5.41, 5.74) is 15.9. The molecule has 6 aliphatic carbocycles. The molecule has 0 bridgehead atoms. The first-order valence-corrected chi connectivity index (χ1v) is 22.7. The number of hydrogen-bond acceptors (Lipinski definition) is 2. The summed E-state index contributed by atoms with van der Waals surface area (Å²) in [6, 6.07) is 30.7. The van der Waals surface area contributed by atoms with Gasteiger partial charge in [-0.25, -0.2) is 0 Å². The number of rotatable bonds is 0. The molecule has 6 aliphatic rings. The summed E-state index contributed by atoms with van der Waals surface area (Å²) in [4.78, 5) is 0. The molecule has 5 unspecified atom stereocenters. The van der Waals surface area contributed by atoms with Gasteiger partial charge in [0.1, 0.15) is 0 Å². The van der Waals surface area contributed by atoms with Crippen LogP contribution in [0.15, 0.2) is 72.8 Å². The van der Waals surface area contributed by atoms with E-state index in [1.54, 1.807) is 38.9 Å². The molecule has 53 heavy (non-hydrogen) atoms. The average Bonchev–Trinajstić information content (AvgIpc) is 3.79. The minimum Gasteiger partial charge on any atom is -0.135 e. The minimum atomic E-state index is 0.127. The first-order chi connectivity index (χ1) is 26.0. The van der Waals surface area contributed by atoms with E-state index < -0.39 is 0 Å². The van der Waals surface area contributed by atoms with Crippen LogP contribution in [0.3, 0.4) is 0 Å². The molecule has 264 valence electrons. The lowest BCUT2D eigenvalue weighted by molar-refractivity contribution is 0.120. The van der Waals surface area contributed by atoms with E-state index in [1.165, 1.54) is 141 Å². The van der Waals surface area contributed by atoms with Crippen LogP contribution in [0.4, 0.5) is 0 Å². The van der Waals surface area contributed by atoms with E-state index in [2.05, 4.69) is 98.0 Å². The van der Waals surface area contributed by atoms with Gasteiger partial charge in [0.2, 0.25) is 0 Å². The third-order valence-electron chi connectivity index (χ3n) is 16.5. The van der Waals surface area contributed by atoms with Crippen LogP contribution >= 0.6 is 22.7 Å². The fourth-order valence-electron chi connectivity index (χ4n) is 13.3. The van der Waals surface area contributed by atoms with Crippen LogP contribution in [-0.2, 0) is 10.8 Å². The molecule has 4 fully saturated rings. The van der Waals surface area contributed by atoms with Crippen molar-refractivity contribution in [2.75, 3.05) is 0 Å². The quantitative estimate of drug-likeness (QED) is 0.146. The second-order valence-electron chi connectivity index (χ2n) is 18.8. The molecular formula is C51H48S2. The van der Waals surface area contributed by atoms with E-state index in [1.807, 2.05) is 11.3 Å². The second kappa shape index (κ2) is 10.6. The molecule has 2 spiro atoms. The molecule has 4 saturated carbocycles. The molecule has 5 atom stereocenters. The first kappa shape index (κ1) is 30.8. The van der Waals surface area contributed by atoms with Gasteiger partial charge in [-0.1, -0.05) is 48.7 Å². The highest BCUT2D eigenvalue weighted by atomic mass is 32.1. The maximum Gasteiger partial charge on any atom is 0.0361 e. The number of benzene rings is 5. The molecule has 7 aromatic rings. The van der Waals surface area contributed by atoms with Gasteiger partial charge < -0.3 is 0 Å². The third-order valence-corrected chi connectivity index (χ3v) is 18.7. The van der Waals surface area contributed by atoms with Crippen molar-refractivity contribution >= 4 is 63.0 Å². The molecule has 5 aromatic carbocycles. The number of hydrogen-bond donors (Lipinski definition) is 0. The average molecular weight is 725 g/mol. The van der Waals surface area contributed by atoms with Crippen LogP contribution < -0.4 is 0 Å². The monoisotopic (exact) mass is 724 g/mol. The van der Waals surface area contributed by atoms with Crippen LogP contribution in [0.1, 0.15) is 117 Å². The Kier molecular flexibility index (Phi) is 6.19. The molecule has 0 amide bonds. The topological polar surface area (TPSA) is 0 Å². The molecule has 0 saturated heterocycles. The SMILES string of the molecule is Cc1ccc2c(c1)C1(CCCC3CCC3CC1)c1cc3c(cc1-2)sc1cc2c(cc13)C1(CCC3CCC3CC1)c1cc3c(cc1-2)sc1cc(C)ccc13. The Bertz CT molecular complexity index is 2720. The fraction of sp³-hybridized carbons (Fsp3) is 0.412. The molecule has 2 heterocycles. The molecule has 2 aromatic heterocycles.